The van der Waals surface area contributed by atoms with Crippen LogP contribution in [0.25, 0.3) is 0 Å². The average Bonchev–Trinajstić information content (AvgIpc) is 3.20. The summed E-state index contributed by atoms with van der Waals surface area (Å²) in [7, 11) is 0. The highest BCUT2D eigenvalue weighted by Crippen LogP contribution is 2.34. The highest BCUT2D eigenvalue weighted by molar-refractivity contribution is 5.12. The first-order valence-corrected chi connectivity index (χ1v) is 7.59. The predicted molar refractivity (Wildman–Crippen MR) is 73.8 cm³/mol. The smallest absolute Gasteiger partial charge is 0.109 e. The number of ether oxygens (including phenoxy) is 2. The number of hydrogen-bond donors (Lipinski definition) is 1. The van der Waals surface area contributed by atoms with Crippen molar-refractivity contribution in [1.82, 2.24) is 5.32 Å². The molecule has 2 aliphatic rings. The van der Waals surface area contributed by atoms with Gasteiger partial charge in [0.15, 0.2) is 0 Å². The zero-order valence-corrected chi connectivity index (χ0v) is 12.2. The third kappa shape index (κ3) is 4.45. The minimum absolute atomic E-state index is 0.111. The summed E-state index contributed by atoms with van der Waals surface area (Å²) in [6.07, 6.45) is 6.64. The van der Waals surface area contributed by atoms with Gasteiger partial charge in [0.2, 0.25) is 0 Å². The van der Waals surface area contributed by atoms with Crippen LogP contribution < -0.4 is 5.32 Å². The normalized spacial score (nSPS) is 32.8. The van der Waals surface area contributed by atoms with Gasteiger partial charge in [-0.2, -0.15) is 5.26 Å². The van der Waals surface area contributed by atoms with E-state index in [0.29, 0.717) is 12.6 Å². The van der Waals surface area contributed by atoms with Gasteiger partial charge >= 0.3 is 0 Å². The minimum atomic E-state index is -0.352. The Labute approximate surface area is 116 Å². The van der Waals surface area contributed by atoms with Crippen molar-refractivity contribution in [3.05, 3.63) is 0 Å². The van der Waals surface area contributed by atoms with E-state index < -0.39 is 0 Å². The third-order valence-corrected chi connectivity index (χ3v) is 3.96. The lowest BCUT2D eigenvalue weighted by Crippen LogP contribution is -2.50. The number of rotatable bonds is 7. The topological polar surface area (TPSA) is 54.3 Å². The Balaban J connectivity index is 1.83. The van der Waals surface area contributed by atoms with Gasteiger partial charge in [0, 0.05) is 19.1 Å². The van der Waals surface area contributed by atoms with Crippen LogP contribution in [0, 0.1) is 11.3 Å². The van der Waals surface area contributed by atoms with Gasteiger partial charge in [0.1, 0.15) is 5.54 Å². The fourth-order valence-corrected chi connectivity index (χ4v) is 2.88. The standard InChI is InChI=1S/C15H26N2O2/c1-3-18-10-12(2)19-14-5-4-8-15(9-14,11-16)17-13-6-7-13/h12-14,17H,3-10H2,1-2H3. The Morgan fingerprint density at radius 1 is 1.42 bits per heavy atom. The van der Waals surface area contributed by atoms with Crippen LogP contribution in [-0.4, -0.2) is 37.0 Å². The molecule has 108 valence electrons. The SMILES string of the molecule is CCOCC(C)OC1CCCC(C#N)(NC2CC2)C1. The Bertz CT molecular complexity index is 325. The molecule has 0 aliphatic heterocycles. The highest BCUT2D eigenvalue weighted by atomic mass is 16.5. The van der Waals surface area contributed by atoms with E-state index >= 15 is 0 Å². The fourth-order valence-electron chi connectivity index (χ4n) is 2.88. The molecule has 3 unspecified atom stereocenters. The second-order valence-electron chi connectivity index (χ2n) is 5.94. The van der Waals surface area contributed by atoms with Gasteiger partial charge in [-0.15, -0.1) is 0 Å². The lowest BCUT2D eigenvalue weighted by atomic mass is 9.81. The number of nitrogens with one attached hydrogen (secondary N) is 1. The summed E-state index contributed by atoms with van der Waals surface area (Å²) in [6, 6.07) is 3.08. The van der Waals surface area contributed by atoms with Gasteiger partial charge in [0.05, 0.1) is 24.9 Å². The Morgan fingerprint density at radius 3 is 2.84 bits per heavy atom. The second-order valence-corrected chi connectivity index (χ2v) is 5.94. The van der Waals surface area contributed by atoms with Gasteiger partial charge in [-0.25, -0.2) is 0 Å². The molecule has 2 rings (SSSR count). The van der Waals surface area contributed by atoms with E-state index in [-0.39, 0.29) is 17.7 Å². The first kappa shape index (κ1) is 14.8. The van der Waals surface area contributed by atoms with Crippen molar-refractivity contribution < 1.29 is 9.47 Å². The Kier molecular flexibility index (Phi) is 5.20. The maximum atomic E-state index is 9.52. The predicted octanol–water partition coefficient (Wildman–Crippen LogP) is 2.38. The molecular weight excluding hydrogens is 240 g/mol. The maximum Gasteiger partial charge on any atom is 0.109 e. The molecule has 0 heterocycles. The molecule has 19 heavy (non-hydrogen) atoms. The van der Waals surface area contributed by atoms with E-state index in [1.54, 1.807) is 0 Å². The van der Waals surface area contributed by atoms with Crippen LogP contribution in [0.3, 0.4) is 0 Å². The first-order valence-electron chi connectivity index (χ1n) is 7.59. The van der Waals surface area contributed by atoms with Crippen LogP contribution in [0.2, 0.25) is 0 Å². The number of nitrogens with zero attached hydrogens (tertiary/aromatic N) is 1. The van der Waals surface area contributed by atoms with Crippen molar-refractivity contribution in [2.75, 3.05) is 13.2 Å². The average molecular weight is 266 g/mol. The van der Waals surface area contributed by atoms with Crippen LogP contribution in [-0.2, 0) is 9.47 Å². The van der Waals surface area contributed by atoms with Gasteiger partial charge in [-0.3, -0.25) is 5.32 Å². The number of nitriles is 1. The third-order valence-electron chi connectivity index (χ3n) is 3.96. The van der Waals surface area contributed by atoms with E-state index in [2.05, 4.69) is 11.4 Å². The quantitative estimate of drug-likeness (QED) is 0.768. The highest BCUT2D eigenvalue weighted by Gasteiger charge is 2.41. The van der Waals surface area contributed by atoms with E-state index in [0.717, 1.165) is 32.3 Å². The molecule has 4 heteroatoms. The molecule has 4 nitrogen and oxygen atoms in total. The van der Waals surface area contributed by atoms with Gasteiger partial charge in [-0.1, -0.05) is 0 Å². The first-order chi connectivity index (χ1) is 9.17. The molecule has 3 atom stereocenters. The molecule has 0 aromatic heterocycles. The summed E-state index contributed by atoms with van der Waals surface area (Å²) in [5.41, 5.74) is -0.352. The molecule has 2 aliphatic carbocycles. The molecular formula is C15H26N2O2. The summed E-state index contributed by atoms with van der Waals surface area (Å²) >= 11 is 0. The van der Waals surface area contributed by atoms with Crippen molar-refractivity contribution in [2.24, 2.45) is 0 Å². The monoisotopic (exact) mass is 266 g/mol. The molecule has 2 fully saturated rings. The molecule has 0 bridgehead atoms. The molecule has 0 spiro atoms. The summed E-state index contributed by atoms with van der Waals surface area (Å²) < 4.78 is 11.4. The Morgan fingerprint density at radius 2 is 2.21 bits per heavy atom. The molecule has 0 amide bonds. The van der Waals surface area contributed by atoms with Crippen molar-refractivity contribution in [3.8, 4) is 6.07 Å². The summed E-state index contributed by atoms with van der Waals surface area (Å²) in [6.45, 7) is 5.41. The molecule has 0 aromatic carbocycles. The van der Waals surface area contributed by atoms with Crippen LogP contribution in [0.5, 0.6) is 0 Å². The summed E-state index contributed by atoms with van der Waals surface area (Å²) in [5, 5.41) is 13.0. The lowest BCUT2D eigenvalue weighted by molar-refractivity contribution is -0.0672. The summed E-state index contributed by atoms with van der Waals surface area (Å²) in [5.74, 6) is 0. The Hall–Kier alpha value is -0.630. The zero-order chi connectivity index (χ0) is 13.7. The van der Waals surface area contributed by atoms with E-state index in [9.17, 15) is 5.26 Å². The van der Waals surface area contributed by atoms with Gasteiger partial charge in [-0.05, 0) is 46.0 Å². The fraction of sp³-hybridized carbons (Fsp3) is 0.933. The lowest BCUT2D eigenvalue weighted by Gasteiger charge is -2.37. The largest absolute Gasteiger partial charge is 0.379 e. The maximum absolute atomic E-state index is 9.52. The van der Waals surface area contributed by atoms with Crippen LogP contribution in [0.15, 0.2) is 0 Å². The molecule has 0 saturated heterocycles. The second kappa shape index (κ2) is 6.69. The molecule has 0 radical (unpaired) electrons. The van der Waals surface area contributed by atoms with Gasteiger partial charge in [0.25, 0.3) is 0 Å². The van der Waals surface area contributed by atoms with E-state index in [1.165, 1.54) is 12.8 Å². The minimum Gasteiger partial charge on any atom is -0.379 e. The number of hydrogen-bond acceptors (Lipinski definition) is 4. The van der Waals surface area contributed by atoms with E-state index in [4.69, 9.17) is 9.47 Å². The van der Waals surface area contributed by atoms with Crippen LogP contribution in [0.1, 0.15) is 52.4 Å². The van der Waals surface area contributed by atoms with Crippen molar-refractivity contribution >= 4 is 0 Å². The van der Waals surface area contributed by atoms with Crippen molar-refractivity contribution in [3.63, 3.8) is 0 Å². The van der Waals surface area contributed by atoms with E-state index in [1.807, 2.05) is 13.8 Å². The van der Waals surface area contributed by atoms with Crippen LogP contribution >= 0.6 is 0 Å². The molecule has 1 N–H and O–H groups in total. The summed E-state index contributed by atoms with van der Waals surface area (Å²) in [4.78, 5) is 0. The van der Waals surface area contributed by atoms with Crippen molar-refractivity contribution in [2.45, 2.75) is 76.2 Å². The molecule has 0 aromatic rings. The van der Waals surface area contributed by atoms with Crippen LogP contribution in [0.4, 0.5) is 0 Å². The zero-order valence-electron chi connectivity index (χ0n) is 12.2. The van der Waals surface area contributed by atoms with Crippen molar-refractivity contribution in [1.29, 1.82) is 5.26 Å². The molecule has 2 saturated carbocycles. The van der Waals surface area contributed by atoms with Gasteiger partial charge < -0.3 is 9.47 Å².